The van der Waals surface area contributed by atoms with Gasteiger partial charge >= 0.3 is 0 Å². The molecule has 0 radical (unpaired) electrons. The summed E-state index contributed by atoms with van der Waals surface area (Å²) >= 11 is 0. The molecule has 4 unspecified atom stereocenters. The van der Waals surface area contributed by atoms with E-state index in [9.17, 15) is 4.79 Å². The van der Waals surface area contributed by atoms with Crippen LogP contribution in [0.2, 0.25) is 0 Å². The van der Waals surface area contributed by atoms with E-state index in [1.807, 2.05) is 19.9 Å². The van der Waals surface area contributed by atoms with E-state index in [4.69, 9.17) is 14.2 Å². The van der Waals surface area contributed by atoms with Crippen LogP contribution in [0, 0.1) is 11.8 Å². The SMILES string of the molecule is C=C1OC(O/C=C(/C)C2CC3=C(C(C)CCC3)C2OC=O)C=C1C. The Kier molecular flexibility index (Phi) is 4.83. The van der Waals surface area contributed by atoms with Crippen molar-refractivity contribution < 1.29 is 19.0 Å². The van der Waals surface area contributed by atoms with Crippen molar-refractivity contribution in [3.63, 3.8) is 0 Å². The second-order valence-corrected chi connectivity index (χ2v) is 7.07. The van der Waals surface area contributed by atoms with E-state index in [0.29, 0.717) is 18.1 Å². The molecule has 24 heavy (non-hydrogen) atoms. The normalized spacial score (nSPS) is 33.0. The first-order valence-corrected chi connectivity index (χ1v) is 8.68. The Morgan fingerprint density at radius 1 is 1.42 bits per heavy atom. The van der Waals surface area contributed by atoms with Gasteiger partial charge in [0, 0.05) is 12.0 Å². The molecule has 3 aliphatic rings. The summed E-state index contributed by atoms with van der Waals surface area (Å²) in [7, 11) is 0. The van der Waals surface area contributed by atoms with E-state index in [2.05, 4.69) is 13.5 Å². The molecule has 0 bridgehead atoms. The van der Waals surface area contributed by atoms with Gasteiger partial charge in [-0.25, -0.2) is 0 Å². The molecule has 4 atom stereocenters. The molecule has 0 fully saturated rings. The minimum absolute atomic E-state index is 0.149. The molecule has 4 heteroatoms. The number of hydrogen-bond acceptors (Lipinski definition) is 4. The van der Waals surface area contributed by atoms with Crippen LogP contribution in [0.15, 0.2) is 47.0 Å². The summed E-state index contributed by atoms with van der Waals surface area (Å²) in [6.45, 7) is 10.6. The quantitative estimate of drug-likeness (QED) is 0.426. The van der Waals surface area contributed by atoms with Crippen molar-refractivity contribution in [2.24, 2.45) is 11.8 Å². The molecule has 3 rings (SSSR count). The fourth-order valence-electron chi connectivity index (χ4n) is 4.08. The Morgan fingerprint density at radius 2 is 2.21 bits per heavy atom. The third-order valence-electron chi connectivity index (χ3n) is 5.45. The van der Waals surface area contributed by atoms with Crippen molar-refractivity contribution in [2.45, 2.75) is 58.8 Å². The van der Waals surface area contributed by atoms with Crippen LogP contribution >= 0.6 is 0 Å². The van der Waals surface area contributed by atoms with Crippen LogP contribution in [-0.4, -0.2) is 18.9 Å². The van der Waals surface area contributed by atoms with Gasteiger partial charge in [0.1, 0.15) is 11.9 Å². The number of carbonyl (C=O) groups excluding carboxylic acids is 1. The minimum Gasteiger partial charge on any atom is -0.459 e. The van der Waals surface area contributed by atoms with Crippen LogP contribution in [0.5, 0.6) is 0 Å². The Balaban J connectivity index is 1.72. The summed E-state index contributed by atoms with van der Waals surface area (Å²) in [6, 6.07) is 0. The third kappa shape index (κ3) is 3.14. The maximum absolute atomic E-state index is 11.0. The predicted molar refractivity (Wildman–Crippen MR) is 91.7 cm³/mol. The highest BCUT2D eigenvalue weighted by molar-refractivity contribution is 5.43. The van der Waals surface area contributed by atoms with Gasteiger partial charge in [0.15, 0.2) is 0 Å². The predicted octanol–water partition coefficient (Wildman–Crippen LogP) is 4.40. The highest BCUT2D eigenvalue weighted by Crippen LogP contribution is 2.46. The first-order valence-electron chi connectivity index (χ1n) is 8.68. The Morgan fingerprint density at radius 3 is 2.88 bits per heavy atom. The summed E-state index contributed by atoms with van der Waals surface area (Å²) in [5.41, 5.74) is 4.89. The molecule has 0 aromatic rings. The van der Waals surface area contributed by atoms with E-state index in [0.717, 1.165) is 24.0 Å². The zero-order chi connectivity index (χ0) is 17.3. The highest BCUT2D eigenvalue weighted by Gasteiger charge is 2.40. The number of hydrogen-bond donors (Lipinski definition) is 0. The first-order chi connectivity index (χ1) is 11.5. The molecular formula is C20H26O4. The fraction of sp³-hybridized carbons (Fsp3) is 0.550. The first kappa shape index (κ1) is 16.9. The fourth-order valence-corrected chi connectivity index (χ4v) is 4.08. The van der Waals surface area contributed by atoms with E-state index >= 15 is 0 Å². The van der Waals surface area contributed by atoms with Gasteiger partial charge in [-0.2, -0.15) is 0 Å². The molecule has 0 saturated carbocycles. The summed E-state index contributed by atoms with van der Waals surface area (Å²) in [5.74, 6) is 1.31. The van der Waals surface area contributed by atoms with Crippen molar-refractivity contribution in [1.29, 1.82) is 0 Å². The molecule has 0 amide bonds. The van der Waals surface area contributed by atoms with Crippen LogP contribution in [0.4, 0.5) is 0 Å². The Labute approximate surface area is 143 Å². The summed E-state index contributed by atoms with van der Waals surface area (Å²) in [6.07, 6.45) is 7.57. The van der Waals surface area contributed by atoms with Crippen LogP contribution < -0.4 is 0 Å². The van der Waals surface area contributed by atoms with E-state index < -0.39 is 6.29 Å². The lowest BCUT2D eigenvalue weighted by Crippen LogP contribution is -2.26. The van der Waals surface area contributed by atoms with Gasteiger partial charge in [0.2, 0.25) is 0 Å². The number of rotatable bonds is 5. The molecule has 4 nitrogen and oxygen atoms in total. The molecular weight excluding hydrogens is 304 g/mol. The average Bonchev–Trinajstić information content (AvgIpc) is 3.07. The Bertz CT molecular complexity index is 626. The van der Waals surface area contributed by atoms with Gasteiger partial charge < -0.3 is 14.2 Å². The second-order valence-electron chi connectivity index (χ2n) is 7.07. The molecule has 0 aromatic carbocycles. The lowest BCUT2D eigenvalue weighted by molar-refractivity contribution is -0.133. The monoisotopic (exact) mass is 330 g/mol. The van der Waals surface area contributed by atoms with E-state index in [-0.39, 0.29) is 12.0 Å². The van der Waals surface area contributed by atoms with Gasteiger partial charge in [0.05, 0.1) is 6.26 Å². The molecule has 0 spiro atoms. The standard InChI is InChI=1S/C20H26O4/c1-12-6-5-7-16-9-17(20(19(12)16)23-11-21)14(3)10-22-18-8-13(2)15(4)24-18/h8,10-12,17-18,20H,4-7,9H2,1-3H3/b14-10-. The van der Waals surface area contributed by atoms with Crippen molar-refractivity contribution in [3.8, 4) is 0 Å². The highest BCUT2D eigenvalue weighted by atomic mass is 16.7. The van der Waals surface area contributed by atoms with Crippen molar-refractivity contribution in [1.82, 2.24) is 0 Å². The maximum Gasteiger partial charge on any atom is 0.293 e. The van der Waals surface area contributed by atoms with Crippen molar-refractivity contribution in [3.05, 3.63) is 47.0 Å². The van der Waals surface area contributed by atoms with Gasteiger partial charge in [-0.3, -0.25) is 4.79 Å². The van der Waals surface area contributed by atoms with Gasteiger partial charge in [0.25, 0.3) is 12.8 Å². The second kappa shape index (κ2) is 6.88. The van der Waals surface area contributed by atoms with Crippen LogP contribution in [0.25, 0.3) is 0 Å². The largest absolute Gasteiger partial charge is 0.459 e. The molecule has 1 heterocycles. The van der Waals surface area contributed by atoms with Crippen LogP contribution in [-0.2, 0) is 19.0 Å². The lowest BCUT2D eigenvalue weighted by Gasteiger charge is -2.27. The molecule has 0 aromatic heterocycles. The summed E-state index contributed by atoms with van der Waals surface area (Å²) in [5, 5.41) is 0. The molecule has 0 N–H and O–H groups in total. The Hall–Kier alpha value is -1.97. The number of allylic oxidation sites excluding steroid dienone is 2. The number of carbonyl (C=O) groups is 1. The van der Waals surface area contributed by atoms with Gasteiger partial charge in [-0.15, -0.1) is 0 Å². The van der Waals surface area contributed by atoms with E-state index in [1.54, 1.807) is 6.26 Å². The summed E-state index contributed by atoms with van der Waals surface area (Å²) in [4.78, 5) is 11.0. The van der Waals surface area contributed by atoms with Gasteiger partial charge in [-0.05, 0) is 62.2 Å². The lowest BCUT2D eigenvalue weighted by atomic mass is 9.84. The average molecular weight is 330 g/mol. The van der Waals surface area contributed by atoms with Crippen LogP contribution in [0.3, 0.4) is 0 Å². The van der Waals surface area contributed by atoms with Gasteiger partial charge in [-0.1, -0.05) is 19.1 Å². The summed E-state index contributed by atoms with van der Waals surface area (Å²) < 4.78 is 16.8. The van der Waals surface area contributed by atoms with Crippen molar-refractivity contribution >= 4 is 6.47 Å². The molecule has 2 aliphatic carbocycles. The number of ether oxygens (including phenoxy) is 3. The molecule has 130 valence electrons. The minimum atomic E-state index is -0.416. The van der Waals surface area contributed by atoms with Crippen molar-refractivity contribution in [2.75, 3.05) is 0 Å². The molecule has 0 saturated heterocycles. The molecule has 1 aliphatic heterocycles. The smallest absolute Gasteiger partial charge is 0.293 e. The third-order valence-corrected chi connectivity index (χ3v) is 5.45. The van der Waals surface area contributed by atoms with Crippen LogP contribution in [0.1, 0.15) is 46.5 Å². The topological polar surface area (TPSA) is 44.8 Å². The zero-order valence-electron chi connectivity index (χ0n) is 14.7. The maximum atomic E-state index is 11.0. The zero-order valence-corrected chi connectivity index (χ0v) is 14.7. The van der Waals surface area contributed by atoms with E-state index in [1.165, 1.54) is 24.0 Å².